The quantitative estimate of drug-likeness (QED) is 0.698. The monoisotopic (exact) mass is 197 g/mol. The van der Waals surface area contributed by atoms with Crippen LogP contribution in [0.15, 0.2) is 12.2 Å². The molecule has 3 heteroatoms. The maximum absolute atomic E-state index is 10.3. The SMILES string of the molecule is CCN1CCC(/C=C\CC(=O)O)CC1. The molecule has 0 amide bonds. The Morgan fingerprint density at radius 3 is 2.64 bits per heavy atom. The molecular formula is C11H19NO2. The number of carbonyl (C=O) groups is 1. The first kappa shape index (κ1) is 11.2. The zero-order chi connectivity index (χ0) is 10.4. The maximum Gasteiger partial charge on any atom is 0.307 e. The summed E-state index contributed by atoms with van der Waals surface area (Å²) >= 11 is 0. The van der Waals surface area contributed by atoms with Gasteiger partial charge in [-0.2, -0.15) is 0 Å². The standard InChI is InChI=1S/C11H19NO2/c1-2-12-8-6-10(7-9-12)4-3-5-11(13)14/h3-4,10H,2,5-9H2,1H3,(H,13,14)/b4-3-. The zero-order valence-corrected chi connectivity index (χ0v) is 8.78. The number of carboxylic acids is 1. The summed E-state index contributed by atoms with van der Waals surface area (Å²) in [5, 5.41) is 8.46. The summed E-state index contributed by atoms with van der Waals surface area (Å²) in [6, 6.07) is 0. The Hall–Kier alpha value is -0.830. The second kappa shape index (κ2) is 5.81. The Morgan fingerprint density at radius 2 is 2.14 bits per heavy atom. The molecule has 1 saturated heterocycles. The van der Waals surface area contributed by atoms with Crippen molar-refractivity contribution >= 4 is 5.97 Å². The van der Waals surface area contributed by atoms with Gasteiger partial charge in [0.05, 0.1) is 6.42 Å². The molecule has 1 N–H and O–H groups in total. The number of piperidine rings is 1. The van der Waals surface area contributed by atoms with E-state index < -0.39 is 5.97 Å². The van der Waals surface area contributed by atoms with Crippen LogP contribution in [0.3, 0.4) is 0 Å². The highest BCUT2D eigenvalue weighted by Crippen LogP contribution is 2.18. The highest BCUT2D eigenvalue weighted by Gasteiger charge is 2.15. The fourth-order valence-corrected chi connectivity index (χ4v) is 1.82. The molecule has 1 aliphatic rings. The van der Waals surface area contributed by atoms with Crippen molar-refractivity contribution in [1.82, 2.24) is 4.90 Å². The molecule has 0 aromatic heterocycles. The molecular weight excluding hydrogens is 178 g/mol. The molecule has 0 atom stereocenters. The molecule has 0 aromatic carbocycles. The van der Waals surface area contributed by atoms with Crippen molar-refractivity contribution in [3.05, 3.63) is 12.2 Å². The fraction of sp³-hybridized carbons (Fsp3) is 0.727. The summed E-state index contributed by atoms with van der Waals surface area (Å²) in [5.41, 5.74) is 0. The summed E-state index contributed by atoms with van der Waals surface area (Å²) in [6.07, 6.45) is 6.36. The summed E-state index contributed by atoms with van der Waals surface area (Å²) in [7, 11) is 0. The number of aliphatic carboxylic acids is 1. The van der Waals surface area contributed by atoms with Gasteiger partial charge in [0.1, 0.15) is 0 Å². The topological polar surface area (TPSA) is 40.5 Å². The highest BCUT2D eigenvalue weighted by molar-refractivity contribution is 5.68. The third-order valence-electron chi connectivity index (χ3n) is 2.78. The molecule has 0 aliphatic carbocycles. The smallest absolute Gasteiger partial charge is 0.307 e. The van der Waals surface area contributed by atoms with Crippen molar-refractivity contribution in [3.8, 4) is 0 Å². The number of nitrogens with zero attached hydrogens (tertiary/aromatic N) is 1. The van der Waals surface area contributed by atoms with E-state index in [-0.39, 0.29) is 6.42 Å². The number of carboxylic acid groups (broad SMARTS) is 1. The molecule has 1 rings (SSSR count). The lowest BCUT2D eigenvalue weighted by molar-refractivity contribution is -0.136. The average molecular weight is 197 g/mol. The van der Waals surface area contributed by atoms with E-state index in [4.69, 9.17) is 5.11 Å². The van der Waals surface area contributed by atoms with Crippen LogP contribution in [0.4, 0.5) is 0 Å². The minimum Gasteiger partial charge on any atom is -0.481 e. The number of likely N-dealkylation sites (tertiary alicyclic amines) is 1. The zero-order valence-electron chi connectivity index (χ0n) is 8.78. The van der Waals surface area contributed by atoms with Crippen molar-refractivity contribution < 1.29 is 9.90 Å². The van der Waals surface area contributed by atoms with Gasteiger partial charge in [-0.25, -0.2) is 0 Å². The predicted octanol–water partition coefficient (Wildman–Crippen LogP) is 1.75. The average Bonchev–Trinajstić information content (AvgIpc) is 2.18. The fourth-order valence-electron chi connectivity index (χ4n) is 1.82. The minimum absolute atomic E-state index is 0.161. The normalized spacial score (nSPS) is 20.4. The Bertz CT molecular complexity index is 205. The van der Waals surface area contributed by atoms with Crippen molar-refractivity contribution in [2.75, 3.05) is 19.6 Å². The molecule has 14 heavy (non-hydrogen) atoms. The number of hydrogen-bond donors (Lipinski definition) is 1. The van der Waals surface area contributed by atoms with Crippen LogP contribution in [-0.4, -0.2) is 35.6 Å². The van der Waals surface area contributed by atoms with Crippen LogP contribution >= 0.6 is 0 Å². The Kier molecular flexibility index (Phi) is 4.66. The van der Waals surface area contributed by atoms with Crippen LogP contribution < -0.4 is 0 Å². The van der Waals surface area contributed by atoms with Gasteiger partial charge >= 0.3 is 5.97 Å². The Morgan fingerprint density at radius 1 is 1.50 bits per heavy atom. The van der Waals surface area contributed by atoms with Crippen LogP contribution in [-0.2, 0) is 4.79 Å². The van der Waals surface area contributed by atoms with E-state index in [0.717, 1.165) is 19.6 Å². The van der Waals surface area contributed by atoms with Crippen LogP contribution in [0, 0.1) is 5.92 Å². The van der Waals surface area contributed by atoms with E-state index in [1.54, 1.807) is 6.08 Å². The third kappa shape index (κ3) is 3.92. The van der Waals surface area contributed by atoms with Gasteiger partial charge in [-0.05, 0) is 38.4 Å². The summed E-state index contributed by atoms with van der Waals surface area (Å²) in [6.45, 7) is 5.61. The molecule has 1 heterocycles. The van der Waals surface area contributed by atoms with Crippen LogP contribution in [0.2, 0.25) is 0 Å². The molecule has 0 spiro atoms. The van der Waals surface area contributed by atoms with Crippen molar-refractivity contribution in [1.29, 1.82) is 0 Å². The Balaban J connectivity index is 2.21. The summed E-state index contributed by atoms with van der Waals surface area (Å²) in [5.74, 6) is -0.149. The van der Waals surface area contributed by atoms with Gasteiger partial charge in [-0.15, -0.1) is 0 Å². The van der Waals surface area contributed by atoms with E-state index in [1.807, 2.05) is 0 Å². The second-order valence-electron chi connectivity index (χ2n) is 3.80. The van der Waals surface area contributed by atoms with Gasteiger partial charge in [0.25, 0.3) is 0 Å². The van der Waals surface area contributed by atoms with Crippen LogP contribution in [0.1, 0.15) is 26.2 Å². The molecule has 1 aliphatic heterocycles. The molecule has 1 fully saturated rings. The first-order chi connectivity index (χ1) is 6.72. The van der Waals surface area contributed by atoms with Gasteiger partial charge in [-0.1, -0.05) is 19.1 Å². The van der Waals surface area contributed by atoms with Gasteiger partial charge in [0, 0.05) is 0 Å². The van der Waals surface area contributed by atoms with Crippen LogP contribution in [0.5, 0.6) is 0 Å². The molecule has 0 unspecified atom stereocenters. The molecule has 80 valence electrons. The lowest BCUT2D eigenvalue weighted by atomic mass is 9.96. The third-order valence-corrected chi connectivity index (χ3v) is 2.78. The highest BCUT2D eigenvalue weighted by atomic mass is 16.4. The lowest BCUT2D eigenvalue weighted by Gasteiger charge is -2.29. The van der Waals surface area contributed by atoms with Gasteiger partial charge in [-0.3, -0.25) is 4.79 Å². The number of rotatable bonds is 4. The van der Waals surface area contributed by atoms with Crippen molar-refractivity contribution in [3.63, 3.8) is 0 Å². The second-order valence-corrected chi connectivity index (χ2v) is 3.80. The minimum atomic E-state index is -0.743. The largest absolute Gasteiger partial charge is 0.481 e. The van der Waals surface area contributed by atoms with Crippen LogP contribution in [0.25, 0.3) is 0 Å². The molecule has 0 saturated carbocycles. The molecule has 0 aromatic rings. The lowest BCUT2D eigenvalue weighted by Crippen LogP contribution is -2.32. The van der Waals surface area contributed by atoms with Gasteiger partial charge in [0.15, 0.2) is 0 Å². The Labute approximate surface area is 85.4 Å². The van der Waals surface area contributed by atoms with E-state index in [2.05, 4.69) is 17.9 Å². The van der Waals surface area contributed by atoms with Crippen molar-refractivity contribution in [2.24, 2.45) is 5.92 Å². The van der Waals surface area contributed by atoms with Gasteiger partial charge in [0.2, 0.25) is 0 Å². The predicted molar refractivity (Wildman–Crippen MR) is 56.2 cm³/mol. The first-order valence-corrected chi connectivity index (χ1v) is 5.33. The van der Waals surface area contributed by atoms with Gasteiger partial charge < -0.3 is 10.0 Å². The summed E-state index contributed by atoms with van der Waals surface area (Å²) in [4.78, 5) is 12.7. The van der Waals surface area contributed by atoms with Crippen molar-refractivity contribution in [2.45, 2.75) is 26.2 Å². The van der Waals surface area contributed by atoms with E-state index in [0.29, 0.717) is 5.92 Å². The van der Waals surface area contributed by atoms with E-state index >= 15 is 0 Å². The molecule has 3 nitrogen and oxygen atoms in total. The molecule has 0 bridgehead atoms. The number of hydrogen-bond acceptors (Lipinski definition) is 2. The first-order valence-electron chi connectivity index (χ1n) is 5.33. The van der Waals surface area contributed by atoms with E-state index in [1.165, 1.54) is 12.8 Å². The molecule has 0 radical (unpaired) electrons. The summed E-state index contributed by atoms with van der Waals surface area (Å²) < 4.78 is 0. The number of allylic oxidation sites excluding steroid dienone is 1. The van der Waals surface area contributed by atoms with E-state index in [9.17, 15) is 4.79 Å². The maximum atomic E-state index is 10.3.